The van der Waals surface area contributed by atoms with Gasteiger partial charge >= 0.3 is 5.97 Å². The van der Waals surface area contributed by atoms with Gasteiger partial charge < -0.3 is 10.1 Å². The van der Waals surface area contributed by atoms with Crippen LogP contribution in [0.25, 0.3) is 0 Å². The molecule has 0 saturated heterocycles. The summed E-state index contributed by atoms with van der Waals surface area (Å²) < 4.78 is 5.40. The first-order chi connectivity index (χ1) is 8.26. The molecule has 0 amide bonds. The first kappa shape index (κ1) is 16.6. The molecule has 0 bridgehead atoms. The van der Waals surface area contributed by atoms with Gasteiger partial charge in [-0.15, -0.1) is 0 Å². The number of rotatable bonds is 6. The van der Waals surface area contributed by atoms with Crippen molar-refractivity contribution in [1.82, 2.24) is 0 Å². The minimum atomic E-state index is -0.453. The number of hydrogen-bond donors (Lipinski definition) is 1. The van der Waals surface area contributed by atoms with E-state index >= 15 is 0 Å². The van der Waals surface area contributed by atoms with E-state index in [9.17, 15) is 4.79 Å². The number of ether oxygens (including phenoxy) is 1. The topological polar surface area (TPSA) is 50.2 Å². The standard InChI is InChI=1S/C15H25NO2/c1-12(2)11-13(9-7-6-8-10-16)14(17)18-15(3,4)5/h6-10,12-13,16H,11H2,1-5H3/b8-6-,9-7+,16-10?. The zero-order chi connectivity index (χ0) is 14.2. The van der Waals surface area contributed by atoms with Gasteiger partial charge in [-0.3, -0.25) is 4.79 Å². The molecule has 3 nitrogen and oxygen atoms in total. The molecule has 0 aromatic carbocycles. The van der Waals surface area contributed by atoms with Crippen molar-refractivity contribution in [3.63, 3.8) is 0 Å². The first-order valence-electron chi connectivity index (χ1n) is 6.33. The predicted molar refractivity (Wildman–Crippen MR) is 75.9 cm³/mol. The minimum Gasteiger partial charge on any atom is -0.460 e. The molecule has 0 aliphatic carbocycles. The molecule has 1 atom stereocenters. The van der Waals surface area contributed by atoms with Crippen molar-refractivity contribution in [1.29, 1.82) is 5.41 Å². The number of nitrogens with one attached hydrogen (secondary N) is 1. The van der Waals surface area contributed by atoms with Gasteiger partial charge in [0.25, 0.3) is 0 Å². The van der Waals surface area contributed by atoms with Crippen LogP contribution >= 0.6 is 0 Å². The molecule has 0 rings (SSSR count). The summed E-state index contributed by atoms with van der Waals surface area (Å²) in [6.07, 6.45) is 8.96. The van der Waals surface area contributed by atoms with Crippen LogP contribution in [0, 0.1) is 17.2 Å². The van der Waals surface area contributed by atoms with Crippen LogP contribution in [-0.2, 0) is 9.53 Å². The summed E-state index contributed by atoms with van der Waals surface area (Å²) >= 11 is 0. The van der Waals surface area contributed by atoms with Crippen molar-refractivity contribution >= 4 is 12.2 Å². The van der Waals surface area contributed by atoms with Gasteiger partial charge in [-0.05, 0) is 39.2 Å². The molecule has 0 saturated carbocycles. The van der Waals surface area contributed by atoms with Crippen LogP contribution in [0.1, 0.15) is 41.0 Å². The quantitative estimate of drug-likeness (QED) is 0.444. The van der Waals surface area contributed by atoms with E-state index < -0.39 is 5.60 Å². The van der Waals surface area contributed by atoms with Crippen LogP contribution in [-0.4, -0.2) is 17.8 Å². The summed E-state index contributed by atoms with van der Waals surface area (Å²) in [5, 5.41) is 6.87. The molecule has 0 aromatic heterocycles. The molecule has 1 unspecified atom stereocenters. The highest BCUT2D eigenvalue weighted by molar-refractivity contribution is 5.75. The van der Waals surface area contributed by atoms with Crippen molar-refractivity contribution in [2.75, 3.05) is 0 Å². The van der Waals surface area contributed by atoms with E-state index in [4.69, 9.17) is 10.1 Å². The number of allylic oxidation sites excluding steroid dienone is 3. The Balaban J connectivity index is 4.66. The Morgan fingerprint density at radius 1 is 1.22 bits per heavy atom. The summed E-state index contributed by atoms with van der Waals surface area (Å²) in [5.74, 6) is 0.0224. The predicted octanol–water partition coefficient (Wildman–Crippen LogP) is 3.75. The number of carbonyl (C=O) groups is 1. The lowest BCUT2D eigenvalue weighted by Gasteiger charge is -2.23. The highest BCUT2D eigenvalue weighted by Gasteiger charge is 2.23. The van der Waals surface area contributed by atoms with E-state index in [1.165, 1.54) is 6.21 Å². The Bertz CT molecular complexity index is 322. The van der Waals surface area contributed by atoms with Crippen molar-refractivity contribution in [2.24, 2.45) is 11.8 Å². The third-order valence-corrected chi connectivity index (χ3v) is 2.10. The average molecular weight is 251 g/mol. The number of carbonyl (C=O) groups excluding carboxylic acids is 1. The molecule has 0 aromatic rings. The van der Waals surface area contributed by atoms with Gasteiger partial charge in [-0.2, -0.15) is 0 Å². The molecule has 1 N–H and O–H groups in total. The van der Waals surface area contributed by atoms with Gasteiger partial charge in [0.15, 0.2) is 0 Å². The van der Waals surface area contributed by atoms with Crippen molar-refractivity contribution < 1.29 is 9.53 Å². The lowest BCUT2D eigenvalue weighted by molar-refractivity contribution is -0.158. The Kier molecular flexibility index (Phi) is 7.25. The Morgan fingerprint density at radius 2 is 1.83 bits per heavy atom. The second-order valence-electron chi connectivity index (χ2n) is 5.71. The number of hydrogen-bond acceptors (Lipinski definition) is 3. The van der Waals surface area contributed by atoms with E-state index in [0.29, 0.717) is 5.92 Å². The van der Waals surface area contributed by atoms with Gasteiger partial charge in [0.1, 0.15) is 5.60 Å². The average Bonchev–Trinajstić information content (AvgIpc) is 2.19. The fourth-order valence-electron chi connectivity index (χ4n) is 1.46. The molecular weight excluding hydrogens is 226 g/mol. The Labute approximate surface area is 110 Å². The zero-order valence-corrected chi connectivity index (χ0v) is 12.1. The fourth-order valence-corrected chi connectivity index (χ4v) is 1.46. The van der Waals surface area contributed by atoms with Crippen LogP contribution in [0.2, 0.25) is 0 Å². The minimum absolute atomic E-state index is 0.185. The smallest absolute Gasteiger partial charge is 0.313 e. The van der Waals surface area contributed by atoms with E-state index in [2.05, 4.69) is 13.8 Å². The van der Waals surface area contributed by atoms with Gasteiger partial charge in [-0.1, -0.05) is 32.1 Å². The fraction of sp³-hybridized carbons (Fsp3) is 0.600. The van der Waals surface area contributed by atoms with Gasteiger partial charge in [0.05, 0.1) is 5.92 Å². The van der Waals surface area contributed by atoms with E-state index in [1.54, 1.807) is 18.2 Å². The maximum Gasteiger partial charge on any atom is 0.313 e. The van der Waals surface area contributed by atoms with E-state index in [-0.39, 0.29) is 11.9 Å². The molecular formula is C15H25NO2. The molecule has 102 valence electrons. The SMILES string of the molecule is CC(C)CC(/C=C/C=C\C=N)C(=O)OC(C)(C)C. The summed E-state index contributed by atoms with van der Waals surface area (Å²) in [6.45, 7) is 9.78. The van der Waals surface area contributed by atoms with Gasteiger partial charge in [0, 0.05) is 6.21 Å². The molecule has 0 heterocycles. The lowest BCUT2D eigenvalue weighted by Crippen LogP contribution is -2.28. The normalized spacial score (nSPS) is 14.3. The van der Waals surface area contributed by atoms with Crippen LogP contribution in [0.3, 0.4) is 0 Å². The third kappa shape index (κ3) is 8.74. The Morgan fingerprint density at radius 3 is 2.28 bits per heavy atom. The maximum absolute atomic E-state index is 12.0. The van der Waals surface area contributed by atoms with Crippen molar-refractivity contribution in [3.8, 4) is 0 Å². The first-order valence-corrected chi connectivity index (χ1v) is 6.33. The highest BCUT2D eigenvalue weighted by atomic mass is 16.6. The monoisotopic (exact) mass is 251 g/mol. The van der Waals surface area contributed by atoms with Gasteiger partial charge in [0.2, 0.25) is 0 Å². The van der Waals surface area contributed by atoms with Crippen molar-refractivity contribution in [2.45, 2.75) is 46.6 Å². The Hall–Kier alpha value is -1.38. The van der Waals surface area contributed by atoms with Gasteiger partial charge in [-0.25, -0.2) is 0 Å². The summed E-state index contributed by atoms with van der Waals surface area (Å²) in [7, 11) is 0. The summed E-state index contributed by atoms with van der Waals surface area (Å²) in [6, 6.07) is 0. The second kappa shape index (κ2) is 7.85. The van der Waals surface area contributed by atoms with Crippen LogP contribution in [0.4, 0.5) is 0 Å². The molecule has 0 aliphatic heterocycles. The van der Waals surface area contributed by atoms with E-state index in [1.807, 2.05) is 26.8 Å². The van der Waals surface area contributed by atoms with Crippen molar-refractivity contribution in [3.05, 3.63) is 24.3 Å². The van der Waals surface area contributed by atoms with Crippen LogP contribution in [0.15, 0.2) is 24.3 Å². The zero-order valence-electron chi connectivity index (χ0n) is 12.1. The summed E-state index contributed by atoms with van der Waals surface area (Å²) in [5.41, 5.74) is -0.453. The summed E-state index contributed by atoms with van der Waals surface area (Å²) in [4.78, 5) is 12.0. The molecule has 0 fully saturated rings. The molecule has 18 heavy (non-hydrogen) atoms. The highest BCUT2D eigenvalue weighted by Crippen LogP contribution is 2.18. The molecule has 0 aliphatic rings. The maximum atomic E-state index is 12.0. The molecule has 0 radical (unpaired) electrons. The molecule has 3 heteroatoms. The number of esters is 1. The lowest BCUT2D eigenvalue weighted by atomic mass is 9.96. The van der Waals surface area contributed by atoms with E-state index in [0.717, 1.165) is 6.42 Å². The molecule has 0 spiro atoms. The second-order valence-corrected chi connectivity index (χ2v) is 5.71. The van der Waals surface area contributed by atoms with Crippen LogP contribution in [0.5, 0.6) is 0 Å². The third-order valence-electron chi connectivity index (χ3n) is 2.10. The largest absolute Gasteiger partial charge is 0.460 e. The van der Waals surface area contributed by atoms with Crippen LogP contribution < -0.4 is 0 Å².